The van der Waals surface area contributed by atoms with Crippen LogP contribution in [0.15, 0.2) is 5.38 Å². The minimum Gasteiger partial charge on any atom is -0.381 e. The van der Waals surface area contributed by atoms with Crippen molar-refractivity contribution >= 4 is 16.5 Å². The van der Waals surface area contributed by atoms with E-state index in [1.54, 1.807) is 0 Å². The van der Waals surface area contributed by atoms with E-state index in [-0.39, 0.29) is 0 Å². The average molecular weight is 241 g/mol. The first-order valence-corrected chi connectivity index (χ1v) is 6.71. The number of nitrogens with zero attached hydrogens (tertiary/aromatic N) is 1. The fourth-order valence-electron chi connectivity index (χ4n) is 1.88. The molecule has 3 N–H and O–H groups in total. The molecule has 0 saturated carbocycles. The molecule has 0 aliphatic carbocycles. The maximum Gasteiger partial charge on any atom is 0.180 e. The second kappa shape index (κ2) is 6.18. The number of nitrogens with two attached hydrogens (primary N) is 1. The van der Waals surface area contributed by atoms with Crippen molar-refractivity contribution in [1.82, 2.24) is 10.3 Å². The molecule has 0 amide bonds. The number of anilines is 1. The molecule has 0 bridgehead atoms. The number of hydrogen-bond donors (Lipinski definition) is 2. The van der Waals surface area contributed by atoms with Gasteiger partial charge >= 0.3 is 0 Å². The molecule has 0 aromatic carbocycles. The van der Waals surface area contributed by atoms with Crippen LogP contribution in [0.1, 0.15) is 18.5 Å². The average Bonchev–Trinajstić information content (AvgIpc) is 2.89. The Morgan fingerprint density at radius 1 is 1.62 bits per heavy atom. The highest BCUT2D eigenvalue weighted by molar-refractivity contribution is 7.13. The van der Waals surface area contributed by atoms with Crippen LogP contribution in [-0.2, 0) is 11.2 Å². The number of ether oxygens (including phenoxy) is 1. The van der Waals surface area contributed by atoms with E-state index in [1.807, 2.05) is 5.38 Å². The number of hydrogen-bond acceptors (Lipinski definition) is 5. The Balaban J connectivity index is 1.51. The van der Waals surface area contributed by atoms with E-state index in [1.165, 1.54) is 17.8 Å². The van der Waals surface area contributed by atoms with Gasteiger partial charge in [0, 0.05) is 18.5 Å². The summed E-state index contributed by atoms with van der Waals surface area (Å²) in [4.78, 5) is 4.23. The third-order valence-corrected chi connectivity index (χ3v) is 3.54. The topological polar surface area (TPSA) is 60.2 Å². The van der Waals surface area contributed by atoms with Crippen LogP contribution in [0.5, 0.6) is 0 Å². The summed E-state index contributed by atoms with van der Waals surface area (Å²) in [6.07, 6.45) is 3.34. The second-order valence-corrected chi connectivity index (χ2v) is 5.10. The number of aryl methyl sites for hydroxylation is 1. The molecule has 1 aromatic heterocycles. The number of nitrogens with one attached hydrogen (secondary N) is 1. The van der Waals surface area contributed by atoms with Gasteiger partial charge < -0.3 is 15.8 Å². The molecule has 1 atom stereocenters. The van der Waals surface area contributed by atoms with Crippen LogP contribution in [0.4, 0.5) is 5.13 Å². The van der Waals surface area contributed by atoms with Crippen LogP contribution in [-0.4, -0.2) is 31.3 Å². The zero-order chi connectivity index (χ0) is 11.2. The molecule has 1 fully saturated rings. The van der Waals surface area contributed by atoms with E-state index in [9.17, 15) is 0 Å². The summed E-state index contributed by atoms with van der Waals surface area (Å²) in [5.41, 5.74) is 6.69. The standard InChI is InChI=1S/C11H19N3OS/c12-11-14-10(8-16-11)2-1-4-13-6-9-3-5-15-7-9/h8-9,13H,1-7H2,(H2,12,14). The monoisotopic (exact) mass is 241 g/mol. The first-order valence-electron chi connectivity index (χ1n) is 5.83. The Bertz CT molecular complexity index is 310. The molecule has 2 rings (SSSR count). The van der Waals surface area contributed by atoms with Crippen molar-refractivity contribution in [2.75, 3.05) is 32.0 Å². The lowest BCUT2D eigenvalue weighted by Crippen LogP contribution is -2.24. The molecule has 1 aliphatic rings. The molecule has 5 heteroatoms. The van der Waals surface area contributed by atoms with Crippen molar-refractivity contribution in [3.05, 3.63) is 11.1 Å². The lowest BCUT2D eigenvalue weighted by molar-refractivity contribution is 0.185. The maximum absolute atomic E-state index is 5.57. The summed E-state index contributed by atoms with van der Waals surface area (Å²) >= 11 is 1.52. The molecule has 0 spiro atoms. The molecule has 1 saturated heterocycles. The zero-order valence-corrected chi connectivity index (χ0v) is 10.3. The van der Waals surface area contributed by atoms with E-state index in [0.29, 0.717) is 5.13 Å². The molecule has 1 aliphatic heterocycles. The SMILES string of the molecule is Nc1nc(CCCNCC2CCOC2)cs1. The summed E-state index contributed by atoms with van der Waals surface area (Å²) in [7, 11) is 0. The van der Waals surface area contributed by atoms with Gasteiger partial charge in [0.15, 0.2) is 5.13 Å². The van der Waals surface area contributed by atoms with Gasteiger partial charge in [-0.15, -0.1) is 11.3 Å². The quantitative estimate of drug-likeness (QED) is 0.737. The Kier molecular flexibility index (Phi) is 4.56. The zero-order valence-electron chi connectivity index (χ0n) is 9.45. The van der Waals surface area contributed by atoms with E-state index in [0.717, 1.165) is 50.8 Å². The minimum absolute atomic E-state index is 0.672. The lowest BCUT2D eigenvalue weighted by Gasteiger charge is -2.08. The molecule has 0 radical (unpaired) electrons. The molecule has 4 nitrogen and oxygen atoms in total. The highest BCUT2D eigenvalue weighted by Crippen LogP contribution is 2.12. The summed E-state index contributed by atoms with van der Waals surface area (Å²) in [5, 5.41) is 6.18. The number of rotatable bonds is 6. The van der Waals surface area contributed by atoms with Gasteiger partial charge in [-0.05, 0) is 31.7 Å². The number of aromatic nitrogens is 1. The first-order chi connectivity index (χ1) is 7.84. The van der Waals surface area contributed by atoms with E-state index in [2.05, 4.69) is 10.3 Å². The Labute approximate surface area is 100 Å². The lowest BCUT2D eigenvalue weighted by atomic mass is 10.1. The molecular weight excluding hydrogens is 222 g/mol. The number of thiazole rings is 1. The van der Waals surface area contributed by atoms with Gasteiger partial charge in [0.05, 0.1) is 12.3 Å². The fourth-order valence-corrected chi connectivity index (χ4v) is 2.48. The largest absolute Gasteiger partial charge is 0.381 e. The normalized spacial score (nSPS) is 20.4. The van der Waals surface area contributed by atoms with Crippen LogP contribution < -0.4 is 11.1 Å². The smallest absolute Gasteiger partial charge is 0.180 e. The molecule has 16 heavy (non-hydrogen) atoms. The van der Waals surface area contributed by atoms with Crippen molar-refractivity contribution < 1.29 is 4.74 Å². The van der Waals surface area contributed by atoms with Crippen molar-refractivity contribution in [2.45, 2.75) is 19.3 Å². The van der Waals surface area contributed by atoms with Crippen LogP contribution in [0.2, 0.25) is 0 Å². The molecular formula is C11H19N3OS. The van der Waals surface area contributed by atoms with Gasteiger partial charge in [-0.3, -0.25) is 0 Å². The van der Waals surface area contributed by atoms with Crippen molar-refractivity contribution in [3.63, 3.8) is 0 Å². The summed E-state index contributed by atoms with van der Waals surface area (Å²) in [5.74, 6) is 0.718. The van der Waals surface area contributed by atoms with Gasteiger partial charge in [-0.25, -0.2) is 4.98 Å². The summed E-state index contributed by atoms with van der Waals surface area (Å²) in [6, 6.07) is 0. The predicted molar refractivity (Wildman–Crippen MR) is 66.6 cm³/mol. The van der Waals surface area contributed by atoms with Gasteiger partial charge in [-0.2, -0.15) is 0 Å². The highest BCUT2D eigenvalue weighted by atomic mass is 32.1. The third kappa shape index (κ3) is 3.73. The van der Waals surface area contributed by atoms with Crippen LogP contribution in [0.25, 0.3) is 0 Å². The molecule has 90 valence electrons. The number of nitrogen functional groups attached to an aromatic ring is 1. The van der Waals surface area contributed by atoms with Crippen LogP contribution in [0.3, 0.4) is 0 Å². The highest BCUT2D eigenvalue weighted by Gasteiger charge is 2.14. The maximum atomic E-state index is 5.57. The fraction of sp³-hybridized carbons (Fsp3) is 0.727. The second-order valence-electron chi connectivity index (χ2n) is 4.21. The van der Waals surface area contributed by atoms with Gasteiger partial charge in [-0.1, -0.05) is 0 Å². The van der Waals surface area contributed by atoms with Gasteiger partial charge in [0.1, 0.15) is 0 Å². The van der Waals surface area contributed by atoms with Crippen LogP contribution in [0, 0.1) is 5.92 Å². The van der Waals surface area contributed by atoms with Crippen LogP contribution >= 0.6 is 11.3 Å². The van der Waals surface area contributed by atoms with E-state index in [4.69, 9.17) is 10.5 Å². The van der Waals surface area contributed by atoms with E-state index >= 15 is 0 Å². The van der Waals surface area contributed by atoms with Crippen molar-refractivity contribution in [1.29, 1.82) is 0 Å². The Morgan fingerprint density at radius 2 is 2.56 bits per heavy atom. The molecule has 1 aromatic rings. The van der Waals surface area contributed by atoms with Gasteiger partial charge in [0.25, 0.3) is 0 Å². The summed E-state index contributed by atoms with van der Waals surface area (Å²) in [6.45, 7) is 3.99. The van der Waals surface area contributed by atoms with E-state index < -0.39 is 0 Å². The van der Waals surface area contributed by atoms with Crippen molar-refractivity contribution in [3.8, 4) is 0 Å². The Hall–Kier alpha value is -0.650. The van der Waals surface area contributed by atoms with Crippen molar-refractivity contribution in [2.24, 2.45) is 5.92 Å². The molecule has 1 unspecified atom stereocenters. The third-order valence-electron chi connectivity index (χ3n) is 2.81. The minimum atomic E-state index is 0.672. The first kappa shape index (κ1) is 11.8. The Morgan fingerprint density at radius 3 is 3.25 bits per heavy atom. The predicted octanol–water partition coefficient (Wildman–Crippen LogP) is 1.28. The summed E-state index contributed by atoms with van der Waals surface area (Å²) < 4.78 is 5.32. The van der Waals surface area contributed by atoms with Gasteiger partial charge in [0.2, 0.25) is 0 Å². The molecule has 2 heterocycles.